The second-order valence-electron chi connectivity index (χ2n) is 6.66. The van der Waals surface area contributed by atoms with Gasteiger partial charge in [-0.3, -0.25) is 0 Å². The minimum absolute atomic E-state index is 0.280. The Balaban J connectivity index is 1.51. The van der Waals surface area contributed by atoms with Crippen LogP contribution in [-0.4, -0.2) is 44.5 Å². The molecule has 0 saturated carbocycles. The average Bonchev–Trinajstić information content (AvgIpc) is 2.74. The zero-order valence-electron chi connectivity index (χ0n) is 15.1. The highest BCUT2D eigenvalue weighted by Gasteiger charge is 2.51. The molecule has 0 radical (unpaired) electrons. The summed E-state index contributed by atoms with van der Waals surface area (Å²) in [6, 6.07) is 19.2. The van der Waals surface area contributed by atoms with Crippen LogP contribution in [0.4, 0.5) is 4.39 Å². The number of benzene rings is 2. The number of fused-ring (bicyclic) bond motifs is 1. The lowest BCUT2D eigenvalue weighted by molar-refractivity contribution is -0.356. The standard InChI is InChI=1S/C21H23FO5/c1-23-21-17(22)19(24-12-14-8-4-2-5-9-14)18-16(26-21)13-25-20(27-18)15-10-6-3-7-11-15/h2-11,16-21H,12-13H2,1H3/t16-,17-,18-,19-,20?,21-/m1/s1/i22-1. The van der Waals surface area contributed by atoms with Crippen LogP contribution in [0.2, 0.25) is 0 Å². The van der Waals surface area contributed by atoms with E-state index in [0.717, 1.165) is 11.1 Å². The molecule has 2 aromatic carbocycles. The quantitative estimate of drug-likeness (QED) is 0.804. The molecule has 2 heterocycles. The Labute approximate surface area is 157 Å². The van der Waals surface area contributed by atoms with Crippen molar-refractivity contribution >= 4 is 0 Å². The SMILES string of the molecule is CO[C@@H]1O[C@@H]2COC(c3ccccc3)O[C@H]2[C@H](OCc2ccccc2)[C@H]1[18F]. The maximum atomic E-state index is 15.0. The molecule has 6 heteroatoms. The molecule has 1 unspecified atom stereocenters. The van der Waals surface area contributed by atoms with E-state index in [1.807, 2.05) is 60.7 Å². The summed E-state index contributed by atoms with van der Waals surface area (Å²) in [6.45, 7) is 0.563. The monoisotopic (exact) mass is 373 g/mol. The Morgan fingerprint density at radius 2 is 1.70 bits per heavy atom. The van der Waals surface area contributed by atoms with Gasteiger partial charge in [0.15, 0.2) is 18.8 Å². The first-order valence-electron chi connectivity index (χ1n) is 9.06. The summed E-state index contributed by atoms with van der Waals surface area (Å²) in [5.41, 5.74) is 1.84. The van der Waals surface area contributed by atoms with Crippen LogP contribution in [0.3, 0.4) is 0 Å². The number of hydrogen-bond acceptors (Lipinski definition) is 5. The first-order valence-corrected chi connectivity index (χ1v) is 9.06. The summed E-state index contributed by atoms with van der Waals surface area (Å²) in [6.07, 6.45) is -4.91. The van der Waals surface area contributed by atoms with Crippen LogP contribution in [0.15, 0.2) is 60.7 Å². The van der Waals surface area contributed by atoms with E-state index >= 15 is 4.39 Å². The summed E-state index contributed by atoms with van der Waals surface area (Å²) >= 11 is 0. The van der Waals surface area contributed by atoms with Crippen LogP contribution in [0.1, 0.15) is 17.4 Å². The summed E-state index contributed by atoms with van der Waals surface area (Å²) < 4.78 is 43.7. The number of halogens is 1. The van der Waals surface area contributed by atoms with Crippen molar-refractivity contribution in [2.24, 2.45) is 0 Å². The molecule has 0 aromatic heterocycles. The molecular weight excluding hydrogens is 350 g/mol. The van der Waals surface area contributed by atoms with Gasteiger partial charge in [-0.15, -0.1) is 0 Å². The normalized spacial score (nSPS) is 33.4. The van der Waals surface area contributed by atoms with Crippen LogP contribution in [0.25, 0.3) is 0 Å². The van der Waals surface area contributed by atoms with Gasteiger partial charge < -0.3 is 23.7 Å². The zero-order valence-corrected chi connectivity index (χ0v) is 15.1. The van der Waals surface area contributed by atoms with Crippen LogP contribution in [-0.2, 0) is 30.3 Å². The van der Waals surface area contributed by atoms with E-state index < -0.39 is 37.1 Å². The lowest BCUT2D eigenvalue weighted by Gasteiger charge is -2.46. The molecule has 27 heavy (non-hydrogen) atoms. The van der Waals surface area contributed by atoms with Gasteiger partial charge in [0, 0.05) is 12.7 Å². The molecule has 2 aromatic rings. The Morgan fingerprint density at radius 1 is 1.00 bits per heavy atom. The zero-order chi connectivity index (χ0) is 18.6. The molecule has 0 spiro atoms. The van der Waals surface area contributed by atoms with E-state index in [1.165, 1.54) is 7.11 Å². The first-order chi connectivity index (χ1) is 13.3. The van der Waals surface area contributed by atoms with Gasteiger partial charge in [-0.2, -0.15) is 0 Å². The molecular formula is C21H23FO5. The van der Waals surface area contributed by atoms with Crippen molar-refractivity contribution in [3.63, 3.8) is 0 Å². The molecule has 0 bridgehead atoms. The summed E-state index contributed by atoms with van der Waals surface area (Å²) in [7, 11) is 1.42. The molecule has 2 fully saturated rings. The third-order valence-corrected chi connectivity index (χ3v) is 4.85. The highest BCUT2D eigenvalue weighted by atomic mass is 18.2. The second kappa shape index (κ2) is 8.46. The molecule has 2 aliphatic heterocycles. The number of rotatable bonds is 5. The van der Waals surface area contributed by atoms with Gasteiger partial charge in [-0.25, -0.2) is 4.39 Å². The van der Waals surface area contributed by atoms with E-state index in [1.54, 1.807) is 0 Å². The predicted molar refractivity (Wildman–Crippen MR) is 95.6 cm³/mol. The van der Waals surface area contributed by atoms with Crippen molar-refractivity contribution in [1.29, 1.82) is 0 Å². The van der Waals surface area contributed by atoms with Gasteiger partial charge in [0.2, 0.25) is 0 Å². The minimum atomic E-state index is -1.46. The molecule has 0 N–H and O–H groups in total. The van der Waals surface area contributed by atoms with Crippen molar-refractivity contribution in [3.8, 4) is 0 Å². The Morgan fingerprint density at radius 3 is 2.41 bits per heavy atom. The molecule has 4 rings (SSSR count). The molecule has 2 aliphatic rings. The van der Waals surface area contributed by atoms with Crippen molar-refractivity contribution in [1.82, 2.24) is 0 Å². The van der Waals surface area contributed by atoms with Crippen molar-refractivity contribution < 1.29 is 28.1 Å². The van der Waals surface area contributed by atoms with E-state index in [0.29, 0.717) is 0 Å². The van der Waals surface area contributed by atoms with Crippen LogP contribution >= 0.6 is 0 Å². The highest BCUT2D eigenvalue weighted by Crippen LogP contribution is 2.36. The van der Waals surface area contributed by atoms with Crippen LogP contribution in [0, 0.1) is 0 Å². The Hall–Kier alpha value is -1.83. The third kappa shape index (κ3) is 4.05. The summed E-state index contributed by atoms with van der Waals surface area (Å²) in [5.74, 6) is 0. The maximum Gasteiger partial charge on any atom is 0.191 e. The minimum Gasteiger partial charge on any atom is -0.367 e. The third-order valence-electron chi connectivity index (χ3n) is 4.85. The molecule has 144 valence electrons. The first kappa shape index (κ1) is 18.5. The number of ether oxygens (including phenoxy) is 5. The highest BCUT2D eigenvalue weighted by molar-refractivity contribution is 5.17. The fourth-order valence-corrected chi connectivity index (χ4v) is 3.46. The number of hydrogen-bond donors (Lipinski definition) is 0. The summed E-state index contributed by atoms with van der Waals surface area (Å²) in [4.78, 5) is 0. The van der Waals surface area contributed by atoms with E-state index in [2.05, 4.69) is 0 Å². The number of alkyl halides is 1. The van der Waals surface area contributed by atoms with Crippen LogP contribution in [0.5, 0.6) is 0 Å². The summed E-state index contributed by atoms with van der Waals surface area (Å²) in [5, 5.41) is 0. The van der Waals surface area contributed by atoms with E-state index in [9.17, 15) is 0 Å². The van der Waals surface area contributed by atoms with Gasteiger partial charge >= 0.3 is 0 Å². The van der Waals surface area contributed by atoms with Crippen LogP contribution < -0.4 is 0 Å². The maximum absolute atomic E-state index is 15.0. The van der Waals surface area contributed by atoms with Crippen molar-refractivity contribution in [2.45, 2.75) is 43.7 Å². The smallest absolute Gasteiger partial charge is 0.191 e. The van der Waals surface area contributed by atoms with Crippen molar-refractivity contribution in [3.05, 3.63) is 71.8 Å². The van der Waals surface area contributed by atoms with Gasteiger partial charge in [0.25, 0.3) is 0 Å². The second-order valence-corrected chi connectivity index (χ2v) is 6.66. The lowest BCUT2D eigenvalue weighted by atomic mass is 9.98. The van der Waals surface area contributed by atoms with Crippen molar-refractivity contribution in [2.75, 3.05) is 13.7 Å². The fourth-order valence-electron chi connectivity index (χ4n) is 3.46. The predicted octanol–water partition coefficient (Wildman–Crippen LogP) is 3.40. The topological polar surface area (TPSA) is 46.2 Å². The molecule has 2 saturated heterocycles. The van der Waals surface area contributed by atoms with Gasteiger partial charge in [0.05, 0.1) is 13.2 Å². The fraction of sp³-hybridized carbons (Fsp3) is 0.429. The van der Waals surface area contributed by atoms with E-state index in [-0.39, 0.29) is 13.2 Å². The Kier molecular flexibility index (Phi) is 5.80. The van der Waals surface area contributed by atoms with Gasteiger partial charge in [-0.05, 0) is 5.56 Å². The molecule has 0 amide bonds. The van der Waals surface area contributed by atoms with Gasteiger partial charge in [0.1, 0.15) is 18.3 Å². The Bertz CT molecular complexity index is 713. The average molecular weight is 373 g/mol. The largest absolute Gasteiger partial charge is 0.367 e. The lowest BCUT2D eigenvalue weighted by Crippen LogP contribution is -2.61. The van der Waals surface area contributed by atoms with E-state index in [4.69, 9.17) is 23.7 Å². The molecule has 0 aliphatic carbocycles. The molecule has 6 atom stereocenters. The van der Waals surface area contributed by atoms with Gasteiger partial charge in [-0.1, -0.05) is 60.7 Å². The molecule has 5 nitrogen and oxygen atoms in total. The number of methoxy groups -OCH3 is 1.